The van der Waals surface area contributed by atoms with Crippen molar-refractivity contribution in [3.8, 4) is 0 Å². The van der Waals surface area contributed by atoms with Gasteiger partial charge in [-0.25, -0.2) is 9.97 Å². The minimum atomic E-state index is 0.439. The molecule has 0 unspecified atom stereocenters. The van der Waals surface area contributed by atoms with E-state index in [0.717, 1.165) is 43.3 Å². The zero-order chi connectivity index (χ0) is 13.4. The molecule has 4 heteroatoms. The molecule has 1 N–H and O–H groups in total. The van der Waals surface area contributed by atoms with E-state index in [0.29, 0.717) is 5.92 Å². The molecule has 0 amide bonds. The van der Waals surface area contributed by atoms with Gasteiger partial charge in [0.2, 0.25) is 5.95 Å². The summed E-state index contributed by atoms with van der Waals surface area (Å²) in [6.45, 7) is 8.08. The third-order valence-corrected chi connectivity index (χ3v) is 2.77. The molecule has 1 rings (SSSR count). The van der Waals surface area contributed by atoms with E-state index in [1.807, 2.05) is 6.92 Å². The van der Waals surface area contributed by atoms with Gasteiger partial charge in [-0.15, -0.1) is 0 Å². The number of ether oxygens (including phenoxy) is 1. The average Bonchev–Trinajstić information content (AvgIpc) is 2.33. The average molecular weight is 251 g/mol. The smallest absolute Gasteiger partial charge is 0.223 e. The maximum absolute atomic E-state index is 5.02. The maximum Gasteiger partial charge on any atom is 0.223 e. The van der Waals surface area contributed by atoms with Crippen molar-refractivity contribution in [2.75, 3.05) is 25.6 Å². The number of hydrogen-bond acceptors (Lipinski definition) is 4. The van der Waals surface area contributed by atoms with Crippen LogP contribution >= 0.6 is 0 Å². The quantitative estimate of drug-likeness (QED) is 0.721. The van der Waals surface area contributed by atoms with Crippen LogP contribution in [0.15, 0.2) is 6.07 Å². The minimum absolute atomic E-state index is 0.439. The maximum atomic E-state index is 5.02. The Kier molecular flexibility index (Phi) is 6.65. The lowest BCUT2D eigenvalue weighted by Crippen LogP contribution is -2.08. The fourth-order valence-corrected chi connectivity index (χ4v) is 1.72. The van der Waals surface area contributed by atoms with Crippen LogP contribution < -0.4 is 5.32 Å². The van der Waals surface area contributed by atoms with Gasteiger partial charge in [0.15, 0.2) is 0 Å². The summed E-state index contributed by atoms with van der Waals surface area (Å²) in [5, 5.41) is 3.29. The van der Waals surface area contributed by atoms with Crippen LogP contribution in [0, 0.1) is 6.92 Å². The van der Waals surface area contributed by atoms with Gasteiger partial charge < -0.3 is 10.1 Å². The molecule has 0 atom stereocenters. The first kappa shape index (κ1) is 14.9. The van der Waals surface area contributed by atoms with Crippen molar-refractivity contribution < 1.29 is 4.74 Å². The van der Waals surface area contributed by atoms with Gasteiger partial charge in [0.25, 0.3) is 0 Å². The monoisotopic (exact) mass is 251 g/mol. The Morgan fingerprint density at radius 2 is 2.00 bits per heavy atom. The largest absolute Gasteiger partial charge is 0.385 e. The van der Waals surface area contributed by atoms with E-state index in [4.69, 9.17) is 4.74 Å². The second-order valence-corrected chi connectivity index (χ2v) is 4.89. The Morgan fingerprint density at radius 3 is 2.67 bits per heavy atom. The van der Waals surface area contributed by atoms with Gasteiger partial charge in [-0.1, -0.05) is 13.8 Å². The Bertz CT molecular complexity index is 353. The highest BCUT2D eigenvalue weighted by Gasteiger charge is 2.05. The first-order valence-electron chi connectivity index (χ1n) is 6.72. The highest BCUT2D eigenvalue weighted by atomic mass is 16.5. The first-order valence-corrected chi connectivity index (χ1v) is 6.72. The summed E-state index contributed by atoms with van der Waals surface area (Å²) in [5.41, 5.74) is 2.12. The number of nitrogens with zero attached hydrogens (tertiary/aromatic N) is 2. The summed E-state index contributed by atoms with van der Waals surface area (Å²) in [6, 6.07) is 2.05. The summed E-state index contributed by atoms with van der Waals surface area (Å²) < 4.78 is 5.02. The number of aromatic nitrogens is 2. The van der Waals surface area contributed by atoms with Gasteiger partial charge >= 0.3 is 0 Å². The summed E-state index contributed by atoms with van der Waals surface area (Å²) >= 11 is 0. The van der Waals surface area contributed by atoms with Gasteiger partial charge in [-0.2, -0.15) is 0 Å². The van der Waals surface area contributed by atoms with Crippen molar-refractivity contribution >= 4 is 5.95 Å². The Labute approximate surface area is 110 Å². The molecular weight excluding hydrogens is 226 g/mol. The predicted octanol–water partition coefficient (Wildman–Crippen LogP) is 3.14. The summed E-state index contributed by atoms with van der Waals surface area (Å²) in [7, 11) is 1.74. The third kappa shape index (κ3) is 5.45. The third-order valence-electron chi connectivity index (χ3n) is 2.77. The Hall–Kier alpha value is -1.16. The number of anilines is 1. The molecule has 4 nitrogen and oxygen atoms in total. The first-order chi connectivity index (χ1) is 8.63. The van der Waals surface area contributed by atoms with Crippen LogP contribution in [0.25, 0.3) is 0 Å². The molecule has 0 aliphatic carbocycles. The minimum Gasteiger partial charge on any atom is -0.385 e. The summed E-state index contributed by atoms with van der Waals surface area (Å²) in [5.74, 6) is 1.19. The fraction of sp³-hybridized carbons (Fsp3) is 0.714. The number of methoxy groups -OCH3 is 1. The number of aryl methyl sites for hydroxylation is 1. The van der Waals surface area contributed by atoms with Gasteiger partial charge in [0.05, 0.1) is 0 Å². The molecular formula is C14H25N3O. The van der Waals surface area contributed by atoms with Gasteiger partial charge in [-0.05, 0) is 38.2 Å². The molecule has 18 heavy (non-hydrogen) atoms. The second-order valence-electron chi connectivity index (χ2n) is 4.89. The number of nitrogens with one attached hydrogen (secondary N) is 1. The standard InChI is InChI=1S/C14H25N3O/c1-11(2)13-10-12(3)16-14(17-13)15-8-6-5-7-9-18-4/h10-11H,5-9H2,1-4H3,(H,15,16,17). The van der Waals surface area contributed by atoms with E-state index in [2.05, 4.69) is 35.2 Å². The molecule has 0 spiro atoms. The van der Waals surface area contributed by atoms with E-state index >= 15 is 0 Å². The molecule has 0 radical (unpaired) electrons. The molecule has 0 bridgehead atoms. The van der Waals surface area contributed by atoms with Crippen molar-refractivity contribution in [2.45, 2.75) is 46.0 Å². The molecule has 0 aliphatic heterocycles. The van der Waals surface area contributed by atoms with Crippen molar-refractivity contribution in [3.05, 3.63) is 17.5 Å². The number of unbranched alkanes of at least 4 members (excludes halogenated alkanes) is 2. The van der Waals surface area contributed by atoms with Crippen molar-refractivity contribution in [2.24, 2.45) is 0 Å². The predicted molar refractivity (Wildman–Crippen MR) is 75.1 cm³/mol. The molecule has 1 heterocycles. The lowest BCUT2D eigenvalue weighted by Gasteiger charge is -2.10. The second kappa shape index (κ2) is 8.03. The van der Waals surface area contributed by atoms with Crippen LogP contribution in [0.2, 0.25) is 0 Å². The van der Waals surface area contributed by atoms with Gasteiger partial charge in [0.1, 0.15) is 0 Å². The molecule has 0 fully saturated rings. The van der Waals surface area contributed by atoms with Crippen LogP contribution in [0.4, 0.5) is 5.95 Å². The van der Waals surface area contributed by atoms with E-state index in [-0.39, 0.29) is 0 Å². The number of rotatable bonds is 8. The fourth-order valence-electron chi connectivity index (χ4n) is 1.72. The van der Waals surface area contributed by atoms with Crippen molar-refractivity contribution in [3.63, 3.8) is 0 Å². The topological polar surface area (TPSA) is 47.0 Å². The van der Waals surface area contributed by atoms with Gasteiger partial charge in [0, 0.05) is 31.6 Å². The molecule has 102 valence electrons. The lowest BCUT2D eigenvalue weighted by molar-refractivity contribution is 0.192. The van der Waals surface area contributed by atoms with Crippen LogP contribution in [0.3, 0.4) is 0 Å². The molecule has 1 aromatic heterocycles. The Morgan fingerprint density at radius 1 is 1.22 bits per heavy atom. The SMILES string of the molecule is COCCCCCNc1nc(C)cc(C(C)C)n1. The van der Waals surface area contributed by atoms with Gasteiger partial charge in [-0.3, -0.25) is 0 Å². The molecule has 0 saturated heterocycles. The molecule has 0 aromatic carbocycles. The zero-order valence-corrected chi connectivity index (χ0v) is 12.0. The van der Waals surface area contributed by atoms with Crippen LogP contribution in [0.5, 0.6) is 0 Å². The molecule has 0 saturated carbocycles. The normalized spacial score (nSPS) is 10.9. The Balaban J connectivity index is 2.37. The summed E-state index contributed by atoms with van der Waals surface area (Å²) in [4.78, 5) is 8.92. The van der Waals surface area contributed by atoms with Crippen molar-refractivity contribution in [1.82, 2.24) is 9.97 Å². The lowest BCUT2D eigenvalue weighted by atomic mass is 10.1. The summed E-state index contributed by atoms with van der Waals surface area (Å²) in [6.07, 6.45) is 3.41. The highest BCUT2D eigenvalue weighted by molar-refractivity contribution is 5.28. The highest BCUT2D eigenvalue weighted by Crippen LogP contribution is 2.14. The van der Waals surface area contributed by atoms with Crippen LogP contribution in [-0.4, -0.2) is 30.2 Å². The van der Waals surface area contributed by atoms with E-state index in [9.17, 15) is 0 Å². The van der Waals surface area contributed by atoms with E-state index < -0.39 is 0 Å². The van der Waals surface area contributed by atoms with E-state index in [1.165, 1.54) is 6.42 Å². The molecule has 0 aliphatic rings. The van der Waals surface area contributed by atoms with Crippen LogP contribution in [0.1, 0.15) is 50.4 Å². The molecule has 1 aromatic rings. The zero-order valence-electron chi connectivity index (χ0n) is 12.0. The van der Waals surface area contributed by atoms with E-state index in [1.54, 1.807) is 7.11 Å². The van der Waals surface area contributed by atoms with Crippen LogP contribution in [-0.2, 0) is 4.74 Å². The number of hydrogen-bond donors (Lipinski definition) is 1. The van der Waals surface area contributed by atoms with Crippen molar-refractivity contribution in [1.29, 1.82) is 0 Å².